The Hall–Kier alpha value is -2.69. The van der Waals surface area contributed by atoms with Crippen molar-refractivity contribution in [3.8, 4) is 17.2 Å². The molecule has 0 radical (unpaired) electrons. The lowest BCUT2D eigenvalue weighted by Gasteiger charge is -2.17. The molecule has 5 heteroatoms. The van der Waals surface area contributed by atoms with E-state index in [4.69, 9.17) is 14.2 Å². The van der Waals surface area contributed by atoms with E-state index in [1.54, 1.807) is 21.1 Å². The molecule has 0 aromatic heterocycles. The first-order valence-corrected chi connectivity index (χ1v) is 9.17. The molecule has 0 aliphatic carbocycles. The van der Waals surface area contributed by atoms with Gasteiger partial charge in [0.15, 0.2) is 17.6 Å². The first-order chi connectivity index (χ1) is 12.9. The van der Waals surface area contributed by atoms with Gasteiger partial charge in [0, 0.05) is 6.54 Å². The van der Waals surface area contributed by atoms with Gasteiger partial charge in [-0.05, 0) is 68.5 Å². The summed E-state index contributed by atoms with van der Waals surface area (Å²) in [6, 6.07) is 11.9. The van der Waals surface area contributed by atoms with Gasteiger partial charge < -0.3 is 19.5 Å². The maximum absolute atomic E-state index is 12.3. The van der Waals surface area contributed by atoms with Gasteiger partial charge in [0.2, 0.25) is 0 Å². The fourth-order valence-electron chi connectivity index (χ4n) is 2.76. The molecule has 2 rings (SSSR count). The molecule has 2 aromatic rings. The van der Waals surface area contributed by atoms with Crippen molar-refractivity contribution >= 4 is 5.91 Å². The summed E-state index contributed by atoms with van der Waals surface area (Å²) < 4.78 is 16.4. The molecule has 0 spiro atoms. The van der Waals surface area contributed by atoms with Crippen LogP contribution in [0, 0.1) is 13.8 Å². The lowest BCUT2D eigenvalue weighted by Crippen LogP contribution is -2.37. The summed E-state index contributed by atoms with van der Waals surface area (Å²) in [5.41, 5.74) is 3.27. The number of nitrogens with one attached hydrogen (secondary N) is 1. The highest BCUT2D eigenvalue weighted by atomic mass is 16.5. The van der Waals surface area contributed by atoms with E-state index in [2.05, 4.69) is 5.32 Å². The number of amides is 1. The van der Waals surface area contributed by atoms with Crippen molar-refractivity contribution in [2.45, 2.75) is 39.7 Å². The van der Waals surface area contributed by atoms with Gasteiger partial charge in [-0.15, -0.1) is 0 Å². The standard InChI is InChI=1S/C22H29NO4/c1-15-8-9-16(2)20(13-15)27-17(3)22(24)23-12-6-7-18-10-11-19(25-4)21(14-18)26-5/h8-11,13-14,17H,6-7,12H2,1-5H3,(H,23,24)/t17-/m1/s1. The minimum atomic E-state index is -0.536. The molecule has 1 N–H and O–H groups in total. The van der Waals surface area contributed by atoms with E-state index in [1.807, 2.05) is 50.2 Å². The van der Waals surface area contributed by atoms with Gasteiger partial charge in [-0.25, -0.2) is 0 Å². The quantitative estimate of drug-likeness (QED) is 0.681. The molecule has 5 nitrogen and oxygen atoms in total. The van der Waals surface area contributed by atoms with Crippen LogP contribution in [0.4, 0.5) is 0 Å². The van der Waals surface area contributed by atoms with E-state index in [-0.39, 0.29) is 5.91 Å². The van der Waals surface area contributed by atoms with Gasteiger partial charge in [0.05, 0.1) is 14.2 Å². The number of hydrogen-bond acceptors (Lipinski definition) is 4. The van der Waals surface area contributed by atoms with Crippen LogP contribution < -0.4 is 19.5 Å². The molecule has 0 bridgehead atoms. The van der Waals surface area contributed by atoms with Crippen LogP contribution >= 0.6 is 0 Å². The Morgan fingerprint density at radius 1 is 1.00 bits per heavy atom. The van der Waals surface area contributed by atoms with Crippen LogP contribution in [0.3, 0.4) is 0 Å². The van der Waals surface area contributed by atoms with Crippen molar-refractivity contribution in [3.05, 3.63) is 53.1 Å². The Bertz CT molecular complexity index is 773. The van der Waals surface area contributed by atoms with E-state index >= 15 is 0 Å². The topological polar surface area (TPSA) is 56.8 Å². The first-order valence-electron chi connectivity index (χ1n) is 9.17. The molecule has 0 aliphatic heterocycles. The summed E-state index contributed by atoms with van der Waals surface area (Å²) in [4.78, 5) is 12.3. The number of hydrogen-bond donors (Lipinski definition) is 1. The second kappa shape index (κ2) is 9.86. The summed E-state index contributed by atoms with van der Waals surface area (Å²) >= 11 is 0. The summed E-state index contributed by atoms with van der Waals surface area (Å²) in [5.74, 6) is 2.08. The van der Waals surface area contributed by atoms with Gasteiger partial charge in [-0.3, -0.25) is 4.79 Å². The van der Waals surface area contributed by atoms with Crippen molar-refractivity contribution in [1.82, 2.24) is 5.32 Å². The zero-order valence-electron chi connectivity index (χ0n) is 16.8. The van der Waals surface area contributed by atoms with Crippen molar-refractivity contribution in [3.63, 3.8) is 0 Å². The zero-order valence-corrected chi connectivity index (χ0v) is 16.8. The van der Waals surface area contributed by atoms with E-state index in [0.717, 1.165) is 41.0 Å². The monoisotopic (exact) mass is 371 g/mol. The molecule has 146 valence electrons. The Labute approximate surface area is 161 Å². The third-order valence-electron chi connectivity index (χ3n) is 4.41. The minimum Gasteiger partial charge on any atom is -0.493 e. The molecule has 0 saturated carbocycles. The molecule has 2 aromatic carbocycles. The van der Waals surface area contributed by atoms with Gasteiger partial charge in [-0.2, -0.15) is 0 Å². The second-order valence-electron chi connectivity index (χ2n) is 6.61. The van der Waals surface area contributed by atoms with Gasteiger partial charge in [0.25, 0.3) is 5.91 Å². The van der Waals surface area contributed by atoms with Crippen LogP contribution in [0.15, 0.2) is 36.4 Å². The van der Waals surface area contributed by atoms with Gasteiger partial charge >= 0.3 is 0 Å². The number of rotatable bonds is 9. The maximum Gasteiger partial charge on any atom is 0.260 e. The first kappa shape index (κ1) is 20.6. The molecule has 1 amide bonds. The van der Waals surface area contributed by atoms with Crippen LogP contribution in [0.25, 0.3) is 0 Å². The van der Waals surface area contributed by atoms with Crippen LogP contribution in [0.1, 0.15) is 30.0 Å². The van der Waals surface area contributed by atoms with Gasteiger partial charge in [0.1, 0.15) is 5.75 Å². The number of aryl methyl sites for hydroxylation is 3. The SMILES string of the molecule is COc1ccc(CCCNC(=O)[C@@H](C)Oc2cc(C)ccc2C)cc1OC. The predicted octanol–water partition coefficient (Wildman–Crippen LogP) is 3.84. The summed E-state index contributed by atoms with van der Waals surface area (Å²) in [7, 11) is 3.24. The highest BCUT2D eigenvalue weighted by Gasteiger charge is 2.15. The second-order valence-corrected chi connectivity index (χ2v) is 6.61. The van der Waals surface area contributed by atoms with Crippen LogP contribution in [0.2, 0.25) is 0 Å². The summed E-state index contributed by atoms with van der Waals surface area (Å²) in [5, 5.41) is 2.94. The Kier molecular flexibility index (Phi) is 7.53. The maximum atomic E-state index is 12.3. The third kappa shape index (κ3) is 5.91. The molecule has 0 aliphatic rings. The van der Waals surface area contributed by atoms with Crippen molar-refractivity contribution < 1.29 is 19.0 Å². The van der Waals surface area contributed by atoms with Crippen LogP contribution in [-0.4, -0.2) is 32.8 Å². The van der Waals surface area contributed by atoms with Crippen molar-refractivity contribution in [2.24, 2.45) is 0 Å². The number of carbonyl (C=O) groups is 1. The normalized spacial score (nSPS) is 11.6. The number of ether oxygens (including phenoxy) is 3. The smallest absolute Gasteiger partial charge is 0.260 e. The van der Waals surface area contributed by atoms with E-state index in [9.17, 15) is 4.79 Å². The van der Waals surface area contributed by atoms with Crippen molar-refractivity contribution in [2.75, 3.05) is 20.8 Å². The summed E-state index contributed by atoms with van der Waals surface area (Å²) in [6.07, 6.45) is 1.14. The molecule has 0 unspecified atom stereocenters. The third-order valence-corrected chi connectivity index (χ3v) is 4.41. The number of benzene rings is 2. The van der Waals surface area contributed by atoms with E-state index < -0.39 is 6.10 Å². The van der Waals surface area contributed by atoms with Gasteiger partial charge in [-0.1, -0.05) is 18.2 Å². The van der Waals surface area contributed by atoms with Crippen molar-refractivity contribution in [1.29, 1.82) is 0 Å². The highest BCUT2D eigenvalue weighted by molar-refractivity contribution is 5.80. The average molecular weight is 371 g/mol. The van der Waals surface area contributed by atoms with E-state index in [0.29, 0.717) is 12.3 Å². The Morgan fingerprint density at radius 3 is 2.44 bits per heavy atom. The molecule has 1 atom stereocenters. The molecule has 0 fully saturated rings. The van der Waals surface area contributed by atoms with Crippen LogP contribution in [-0.2, 0) is 11.2 Å². The predicted molar refractivity (Wildman–Crippen MR) is 107 cm³/mol. The largest absolute Gasteiger partial charge is 0.493 e. The average Bonchev–Trinajstić information content (AvgIpc) is 2.67. The molecule has 0 heterocycles. The minimum absolute atomic E-state index is 0.108. The molecular weight excluding hydrogens is 342 g/mol. The zero-order chi connectivity index (χ0) is 19.8. The molecule has 27 heavy (non-hydrogen) atoms. The number of carbonyl (C=O) groups excluding carboxylic acids is 1. The lowest BCUT2D eigenvalue weighted by molar-refractivity contribution is -0.127. The number of methoxy groups -OCH3 is 2. The van der Waals surface area contributed by atoms with Crippen LogP contribution in [0.5, 0.6) is 17.2 Å². The van der Waals surface area contributed by atoms with E-state index in [1.165, 1.54) is 0 Å². The fourth-order valence-corrected chi connectivity index (χ4v) is 2.76. The Morgan fingerprint density at radius 2 is 1.74 bits per heavy atom. The lowest BCUT2D eigenvalue weighted by atomic mass is 10.1. The molecular formula is C22H29NO4. The fraction of sp³-hybridized carbons (Fsp3) is 0.409. The summed E-state index contributed by atoms with van der Waals surface area (Å²) in [6.45, 7) is 6.34. The Balaban J connectivity index is 1.79. The molecule has 0 saturated heterocycles. The highest BCUT2D eigenvalue weighted by Crippen LogP contribution is 2.27.